The van der Waals surface area contributed by atoms with Crippen LogP contribution in [0.3, 0.4) is 0 Å². The Bertz CT molecular complexity index is 754. The number of thioether (sulfide) groups is 1. The van der Waals surface area contributed by atoms with Gasteiger partial charge in [-0.3, -0.25) is 9.69 Å². The Labute approximate surface area is 149 Å². The average Bonchev–Trinajstić information content (AvgIpc) is 3.20. The van der Waals surface area contributed by atoms with Crippen LogP contribution in [0, 0.1) is 0 Å². The van der Waals surface area contributed by atoms with E-state index in [1.54, 1.807) is 28.5 Å². The van der Waals surface area contributed by atoms with Crippen molar-refractivity contribution in [1.29, 1.82) is 0 Å². The first-order valence-electron chi connectivity index (χ1n) is 7.55. The zero-order valence-electron chi connectivity index (χ0n) is 13.0. The van der Waals surface area contributed by atoms with E-state index >= 15 is 0 Å². The molecule has 3 rings (SSSR count). The maximum Gasteiger partial charge on any atom is 0.242 e. The summed E-state index contributed by atoms with van der Waals surface area (Å²) >= 11 is 3.06. The van der Waals surface area contributed by atoms with Crippen molar-refractivity contribution in [3.8, 4) is 0 Å². The highest BCUT2D eigenvalue weighted by Crippen LogP contribution is 2.30. The van der Waals surface area contributed by atoms with E-state index in [2.05, 4.69) is 16.8 Å². The molecule has 2 aromatic rings. The lowest BCUT2D eigenvalue weighted by Crippen LogP contribution is -2.32. The van der Waals surface area contributed by atoms with Crippen LogP contribution in [0.15, 0.2) is 70.7 Å². The van der Waals surface area contributed by atoms with Crippen LogP contribution in [0.1, 0.15) is 10.4 Å². The molecule has 1 atom stereocenters. The van der Waals surface area contributed by atoms with E-state index in [4.69, 9.17) is 0 Å². The molecular formula is C18H17N3OS2. The molecule has 0 aliphatic carbocycles. The Balaban J connectivity index is 1.75. The molecule has 1 fully saturated rings. The van der Waals surface area contributed by atoms with E-state index in [1.165, 1.54) is 11.8 Å². The van der Waals surface area contributed by atoms with Crippen LogP contribution in [-0.2, 0) is 11.2 Å². The molecule has 1 saturated heterocycles. The minimum Gasteiger partial charge on any atom is -0.285 e. The van der Waals surface area contributed by atoms with Crippen LogP contribution < -0.4 is 0 Å². The maximum atomic E-state index is 12.6. The normalized spacial score (nSPS) is 19.5. The van der Waals surface area contributed by atoms with Crippen molar-refractivity contribution in [1.82, 2.24) is 4.90 Å². The first kappa shape index (κ1) is 16.7. The number of rotatable bonds is 6. The third kappa shape index (κ3) is 4.01. The number of carbonyl (C=O) groups excluding carboxylic acids is 1. The van der Waals surface area contributed by atoms with Gasteiger partial charge in [-0.15, -0.1) is 23.0 Å². The zero-order chi connectivity index (χ0) is 16.8. The van der Waals surface area contributed by atoms with E-state index in [1.807, 2.05) is 47.8 Å². The molecule has 0 saturated carbocycles. The number of amidine groups is 1. The van der Waals surface area contributed by atoms with Gasteiger partial charge in [0.15, 0.2) is 5.17 Å². The second-order valence-electron chi connectivity index (χ2n) is 5.18. The van der Waals surface area contributed by atoms with Gasteiger partial charge in [-0.25, -0.2) is 0 Å². The average molecular weight is 355 g/mol. The number of hydrogen-bond acceptors (Lipinski definition) is 5. The molecule has 4 nitrogen and oxygen atoms in total. The van der Waals surface area contributed by atoms with Gasteiger partial charge in [0.1, 0.15) is 0 Å². The van der Waals surface area contributed by atoms with Crippen LogP contribution in [0.5, 0.6) is 0 Å². The van der Waals surface area contributed by atoms with Crippen LogP contribution in [0.25, 0.3) is 0 Å². The van der Waals surface area contributed by atoms with E-state index in [9.17, 15) is 4.79 Å². The van der Waals surface area contributed by atoms with Crippen LogP contribution in [0.2, 0.25) is 0 Å². The SMILES string of the molecule is C=CCN1C(=O)C(Cc2ccccc2)S/C1=N\N=C\c1cccs1. The number of amides is 1. The first-order valence-corrected chi connectivity index (χ1v) is 9.31. The highest BCUT2D eigenvalue weighted by molar-refractivity contribution is 8.15. The van der Waals surface area contributed by atoms with E-state index in [0.29, 0.717) is 18.1 Å². The smallest absolute Gasteiger partial charge is 0.242 e. The molecule has 1 aromatic heterocycles. The second-order valence-corrected chi connectivity index (χ2v) is 7.33. The van der Waals surface area contributed by atoms with Gasteiger partial charge < -0.3 is 0 Å². The molecule has 24 heavy (non-hydrogen) atoms. The summed E-state index contributed by atoms with van der Waals surface area (Å²) in [6.07, 6.45) is 4.10. The predicted molar refractivity (Wildman–Crippen MR) is 103 cm³/mol. The topological polar surface area (TPSA) is 45.0 Å². The molecule has 1 aliphatic heterocycles. The lowest BCUT2D eigenvalue weighted by molar-refractivity contribution is -0.125. The molecule has 0 bridgehead atoms. The van der Waals surface area contributed by atoms with Crippen LogP contribution in [0.4, 0.5) is 0 Å². The summed E-state index contributed by atoms with van der Waals surface area (Å²) in [5, 5.41) is 10.8. The fourth-order valence-corrected chi connectivity index (χ4v) is 4.06. The number of benzene rings is 1. The maximum absolute atomic E-state index is 12.6. The lowest BCUT2D eigenvalue weighted by atomic mass is 10.1. The Morgan fingerprint density at radius 2 is 2.04 bits per heavy atom. The molecular weight excluding hydrogens is 338 g/mol. The largest absolute Gasteiger partial charge is 0.285 e. The minimum absolute atomic E-state index is 0.0637. The highest BCUT2D eigenvalue weighted by atomic mass is 32.2. The van der Waals surface area contributed by atoms with Gasteiger partial charge in [-0.1, -0.05) is 54.2 Å². The molecule has 0 spiro atoms. The van der Waals surface area contributed by atoms with E-state index in [0.717, 1.165) is 10.4 Å². The molecule has 1 unspecified atom stereocenters. The van der Waals surface area contributed by atoms with Gasteiger partial charge in [-0.2, -0.15) is 5.10 Å². The molecule has 0 radical (unpaired) electrons. The summed E-state index contributed by atoms with van der Waals surface area (Å²) in [6.45, 7) is 4.18. The molecule has 6 heteroatoms. The Morgan fingerprint density at radius 3 is 2.75 bits per heavy atom. The number of thiophene rings is 1. The van der Waals surface area contributed by atoms with Crippen LogP contribution in [-0.4, -0.2) is 34.0 Å². The standard InChI is InChI=1S/C18H17N3OS2/c1-2-10-21-17(22)16(12-14-7-4-3-5-8-14)24-18(21)20-19-13-15-9-6-11-23-15/h2-9,11,13,16H,1,10,12H2/b19-13+,20-18-. The van der Waals surface area contributed by atoms with E-state index in [-0.39, 0.29) is 11.2 Å². The summed E-state index contributed by atoms with van der Waals surface area (Å²) < 4.78 is 0. The minimum atomic E-state index is -0.164. The first-order chi connectivity index (χ1) is 11.8. The summed E-state index contributed by atoms with van der Waals surface area (Å²) in [5.41, 5.74) is 1.14. The molecule has 1 aliphatic rings. The van der Waals surface area contributed by atoms with Gasteiger partial charge in [-0.05, 0) is 23.4 Å². The summed E-state index contributed by atoms with van der Waals surface area (Å²) in [6, 6.07) is 14.0. The number of hydrogen-bond donors (Lipinski definition) is 0. The van der Waals surface area contributed by atoms with E-state index < -0.39 is 0 Å². The third-order valence-electron chi connectivity index (χ3n) is 3.47. The van der Waals surface area contributed by atoms with Gasteiger partial charge in [0, 0.05) is 11.4 Å². The number of carbonyl (C=O) groups is 1. The fraction of sp³-hybridized carbons (Fsp3) is 0.167. The molecule has 1 aromatic carbocycles. The van der Waals surface area contributed by atoms with Crippen molar-refractivity contribution >= 4 is 40.4 Å². The van der Waals surface area contributed by atoms with Gasteiger partial charge in [0.05, 0.1) is 11.5 Å². The summed E-state index contributed by atoms with van der Waals surface area (Å²) in [4.78, 5) is 15.3. The highest BCUT2D eigenvalue weighted by Gasteiger charge is 2.37. The Kier molecular flexibility index (Phi) is 5.61. The predicted octanol–water partition coefficient (Wildman–Crippen LogP) is 3.81. The van der Waals surface area contributed by atoms with Gasteiger partial charge in [0.2, 0.25) is 5.91 Å². The van der Waals surface area contributed by atoms with Crippen molar-refractivity contribution in [2.75, 3.05) is 6.54 Å². The molecule has 1 amide bonds. The van der Waals surface area contributed by atoms with Crippen molar-refractivity contribution in [3.05, 3.63) is 70.9 Å². The van der Waals surface area contributed by atoms with Gasteiger partial charge in [0.25, 0.3) is 0 Å². The molecule has 0 N–H and O–H groups in total. The quantitative estimate of drug-likeness (QED) is 0.449. The van der Waals surface area contributed by atoms with Crippen LogP contribution >= 0.6 is 23.1 Å². The molecule has 122 valence electrons. The Hall–Kier alpha value is -2.18. The lowest BCUT2D eigenvalue weighted by Gasteiger charge is -2.12. The summed E-state index contributed by atoms with van der Waals surface area (Å²) in [7, 11) is 0. The fourth-order valence-electron chi connectivity index (χ4n) is 2.34. The van der Waals surface area contributed by atoms with Crippen molar-refractivity contribution in [3.63, 3.8) is 0 Å². The number of nitrogens with zero attached hydrogens (tertiary/aromatic N) is 3. The van der Waals surface area contributed by atoms with Crippen molar-refractivity contribution < 1.29 is 4.79 Å². The third-order valence-corrected chi connectivity index (χ3v) is 5.44. The van der Waals surface area contributed by atoms with Crippen molar-refractivity contribution in [2.24, 2.45) is 10.2 Å². The Morgan fingerprint density at radius 1 is 1.21 bits per heavy atom. The van der Waals surface area contributed by atoms with Crippen molar-refractivity contribution in [2.45, 2.75) is 11.7 Å². The monoisotopic (exact) mass is 355 g/mol. The van der Waals surface area contributed by atoms with Gasteiger partial charge >= 0.3 is 0 Å². The second kappa shape index (κ2) is 8.08. The zero-order valence-corrected chi connectivity index (χ0v) is 14.7. The summed E-state index contributed by atoms with van der Waals surface area (Å²) in [5.74, 6) is 0.0637. The molecule has 2 heterocycles.